The van der Waals surface area contributed by atoms with Crippen LogP contribution in [0.3, 0.4) is 0 Å². The van der Waals surface area contributed by atoms with E-state index in [1.165, 1.54) is 0 Å². The Kier molecular flexibility index (Phi) is 19.1. The molecule has 4 amide bonds. The molecule has 16 N–H and O–H groups in total. The van der Waals surface area contributed by atoms with Gasteiger partial charge in [-0.25, -0.2) is 0 Å². The highest BCUT2D eigenvalue weighted by molar-refractivity contribution is 5.94. The lowest BCUT2D eigenvalue weighted by Gasteiger charge is -2.27. The molecular formula is C30H53N13O4. The van der Waals surface area contributed by atoms with E-state index in [1.54, 1.807) is 26.0 Å². The lowest BCUT2D eigenvalue weighted by molar-refractivity contribution is -0.134. The highest BCUT2D eigenvalue weighted by atomic mass is 16.2. The monoisotopic (exact) mass is 659 g/mol. The van der Waals surface area contributed by atoms with Crippen LogP contribution in [0.5, 0.6) is 0 Å². The molecule has 47 heavy (non-hydrogen) atoms. The second-order valence-electron chi connectivity index (χ2n) is 11.4. The molecule has 0 aliphatic carbocycles. The first-order valence-electron chi connectivity index (χ1n) is 15.8. The SMILES string of the molecule is CC(C)C(NC(=O)[C@H](CCCNC(=N)N)NC(=O)Cc1ccccc1)C(=O)N[C@@H](CCCNC(=N)N)C(=O)NCCCCNC(=N)N. The van der Waals surface area contributed by atoms with Crippen molar-refractivity contribution in [2.24, 2.45) is 23.1 Å². The van der Waals surface area contributed by atoms with Crippen molar-refractivity contribution in [2.45, 2.75) is 76.9 Å². The van der Waals surface area contributed by atoms with Gasteiger partial charge >= 0.3 is 0 Å². The zero-order valence-corrected chi connectivity index (χ0v) is 27.3. The van der Waals surface area contributed by atoms with Gasteiger partial charge in [0.1, 0.15) is 18.1 Å². The fraction of sp³-hybridized carbons (Fsp3) is 0.567. The van der Waals surface area contributed by atoms with E-state index in [2.05, 4.69) is 37.2 Å². The van der Waals surface area contributed by atoms with E-state index in [0.717, 1.165) is 5.56 Å². The minimum Gasteiger partial charge on any atom is -0.370 e. The molecule has 0 radical (unpaired) electrons. The summed E-state index contributed by atoms with van der Waals surface area (Å²) in [7, 11) is 0. The van der Waals surface area contributed by atoms with Gasteiger partial charge in [-0.05, 0) is 50.0 Å². The average Bonchev–Trinajstić information content (AvgIpc) is 3.00. The normalized spacial score (nSPS) is 12.5. The van der Waals surface area contributed by atoms with E-state index >= 15 is 0 Å². The van der Waals surface area contributed by atoms with E-state index in [0.29, 0.717) is 51.9 Å². The Hall–Kier alpha value is -5.09. The molecule has 0 fully saturated rings. The Morgan fingerprint density at radius 1 is 0.617 bits per heavy atom. The molecule has 0 bridgehead atoms. The molecule has 0 saturated carbocycles. The summed E-state index contributed by atoms with van der Waals surface area (Å²) >= 11 is 0. The first kappa shape index (κ1) is 39.9. The number of guanidine groups is 3. The first-order valence-corrected chi connectivity index (χ1v) is 15.8. The molecular weight excluding hydrogens is 606 g/mol. The molecule has 0 aliphatic heterocycles. The van der Waals surface area contributed by atoms with Crippen molar-refractivity contribution >= 4 is 41.5 Å². The summed E-state index contributed by atoms with van der Waals surface area (Å²) in [4.78, 5) is 53.0. The molecule has 17 nitrogen and oxygen atoms in total. The molecule has 1 aromatic carbocycles. The summed E-state index contributed by atoms with van der Waals surface area (Å²) in [6, 6.07) is 6.16. The van der Waals surface area contributed by atoms with Crippen LogP contribution >= 0.6 is 0 Å². The summed E-state index contributed by atoms with van der Waals surface area (Å²) in [5, 5.41) is 41.0. The fourth-order valence-electron chi connectivity index (χ4n) is 4.48. The number of hydrogen-bond donors (Lipinski definition) is 13. The molecule has 0 aromatic heterocycles. The van der Waals surface area contributed by atoms with E-state index in [1.807, 2.05) is 18.2 Å². The highest BCUT2D eigenvalue weighted by Gasteiger charge is 2.31. The van der Waals surface area contributed by atoms with Crippen LogP contribution in [0.2, 0.25) is 0 Å². The molecule has 0 saturated heterocycles. The molecule has 1 aromatic rings. The number of nitrogens with one attached hydrogen (secondary N) is 10. The van der Waals surface area contributed by atoms with E-state index in [-0.39, 0.29) is 49.0 Å². The Morgan fingerprint density at radius 2 is 1.09 bits per heavy atom. The van der Waals surface area contributed by atoms with Crippen molar-refractivity contribution in [3.8, 4) is 0 Å². The minimum atomic E-state index is -1.02. The van der Waals surface area contributed by atoms with Gasteiger partial charge in [-0.1, -0.05) is 44.2 Å². The van der Waals surface area contributed by atoms with Crippen molar-refractivity contribution in [3.05, 3.63) is 35.9 Å². The number of benzene rings is 1. The Labute approximate surface area is 276 Å². The van der Waals surface area contributed by atoms with Gasteiger partial charge in [-0.2, -0.15) is 0 Å². The molecule has 0 spiro atoms. The number of nitrogens with two attached hydrogens (primary N) is 3. The summed E-state index contributed by atoms with van der Waals surface area (Å²) in [6.07, 6.45) is 2.62. The highest BCUT2D eigenvalue weighted by Crippen LogP contribution is 2.08. The second-order valence-corrected chi connectivity index (χ2v) is 11.4. The summed E-state index contributed by atoms with van der Waals surface area (Å²) in [5.74, 6) is -2.81. The maximum absolute atomic E-state index is 13.5. The van der Waals surface area contributed by atoms with Gasteiger partial charge in [0.2, 0.25) is 23.6 Å². The van der Waals surface area contributed by atoms with Crippen molar-refractivity contribution < 1.29 is 19.2 Å². The van der Waals surface area contributed by atoms with Crippen LogP contribution in [0.15, 0.2) is 30.3 Å². The number of rotatable bonds is 22. The number of amides is 4. The van der Waals surface area contributed by atoms with Crippen LogP contribution in [-0.2, 0) is 25.6 Å². The molecule has 0 aliphatic rings. The minimum absolute atomic E-state index is 0.0624. The summed E-state index contributed by atoms with van der Waals surface area (Å²) < 4.78 is 0. The van der Waals surface area contributed by atoms with Gasteiger partial charge in [0.15, 0.2) is 17.9 Å². The van der Waals surface area contributed by atoms with Crippen molar-refractivity contribution in [2.75, 3.05) is 26.2 Å². The average molecular weight is 660 g/mol. The third-order valence-electron chi connectivity index (χ3n) is 6.93. The standard InChI is InChI=1S/C30H53N13O4/c1-19(2)24(27(47)42-21(12-8-16-39-29(33)34)25(45)37-14-6-7-15-38-28(31)32)43-26(46)22(13-9-17-40-30(35)36)41-23(44)18-20-10-4-3-5-11-20/h3-5,10-11,19,21-22,24H,6-9,12-18H2,1-2H3,(H,37,45)(H,41,44)(H,42,47)(H,43,46)(H4,31,32,38)(H4,33,34,39)(H4,35,36,40)/t21-,22-,24?/m0/s1. The molecule has 1 rings (SSSR count). The first-order chi connectivity index (χ1) is 22.3. The third-order valence-corrected chi connectivity index (χ3v) is 6.93. The molecule has 1 unspecified atom stereocenters. The fourth-order valence-corrected chi connectivity index (χ4v) is 4.48. The van der Waals surface area contributed by atoms with E-state index in [4.69, 9.17) is 33.4 Å². The number of unbranched alkanes of at least 4 members (excludes halogenated alkanes) is 1. The van der Waals surface area contributed by atoms with Gasteiger partial charge in [0.05, 0.1) is 6.42 Å². The quantitative estimate of drug-likeness (QED) is 0.0378. The summed E-state index contributed by atoms with van der Waals surface area (Å²) in [5.41, 5.74) is 16.8. The molecule has 262 valence electrons. The zero-order valence-electron chi connectivity index (χ0n) is 27.3. The van der Waals surface area contributed by atoms with Gasteiger partial charge in [-0.3, -0.25) is 35.4 Å². The van der Waals surface area contributed by atoms with Crippen LogP contribution in [-0.4, -0.2) is 85.8 Å². The number of carbonyl (C=O) groups is 4. The van der Waals surface area contributed by atoms with Crippen LogP contribution in [0.25, 0.3) is 0 Å². The molecule has 17 heteroatoms. The van der Waals surface area contributed by atoms with Crippen molar-refractivity contribution in [1.82, 2.24) is 37.2 Å². The van der Waals surface area contributed by atoms with Gasteiger partial charge < -0.3 is 54.4 Å². The predicted molar refractivity (Wildman–Crippen MR) is 181 cm³/mol. The second kappa shape index (κ2) is 22.4. The largest absolute Gasteiger partial charge is 0.370 e. The van der Waals surface area contributed by atoms with E-state index < -0.39 is 35.8 Å². The smallest absolute Gasteiger partial charge is 0.243 e. The van der Waals surface area contributed by atoms with E-state index in [9.17, 15) is 19.2 Å². The third kappa shape index (κ3) is 18.5. The van der Waals surface area contributed by atoms with Crippen molar-refractivity contribution in [3.63, 3.8) is 0 Å². The van der Waals surface area contributed by atoms with Crippen LogP contribution in [0.1, 0.15) is 57.9 Å². The predicted octanol–water partition coefficient (Wildman–Crippen LogP) is -1.75. The molecule has 3 atom stereocenters. The van der Waals surface area contributed by atoms with Crippen molar-refractivity contribution in [1.29, 1.82) is 16.2 Å². The topological polar surface area (TPSA) is 302 Å². The van der Waals surface area contributed by atoms with Gasteiger partial charge in [0, 0.05) is 26.2 Å². The van der Waals surface area contributed by atoms with Crippen LogP contribution in [0, 0.1) is 22.1 Å². The zero-order chi connectivity index (χ0) is 35.2. The van der Waals surface area contributed by atoms with Gasteiger partial charge in [0.25, 0.3) is 0 Å². The maximum atomic E-state index is 13.5. The Morgan fingerprint density at radius 3 is 1.57 bits per heavy atom. The summed E-state index contributed by atoms with van der Waals surface area (Å²) in [6.45, 7) is 4.96. The number of hydrogen-bond acceptors (Lipinski definition) is 7. The maximum Gasteiger partial charge on any atom is 0.243 e. The Bertz CT molecular complexity index is 1180. The molecule has 0 heterocycles. The Balaban J connectivity index is 2.96. The lowest BCUT2D eigenvalue weighted by atomic mass is 10.0. The van der Waals surface area contributed by atoms with Gasteiger partial charge in [-0.15, -0.1) is 0 Å². The number of carbonyl (C=O) groups excluding carboxylic acids is 4. The van der Waals surface area contributed by atoms with Crippen LogP contribution in [0.4, 0.5) is 0 Å². The van der Waals surface area contributed by atoms with Crippen LogP contribution < -0.4 is 54.4 Å². The lowest BCUT2D eigenvalue weighted by Crippen LogP contribution is -2.58.